The van der Waals surface area contributed by atoms with Crippen molar-refractivity contribution in [2.45, 2.75) is 45.3 Å². The summed E-state index contributed by atoms with van der Waals surface area (Å²) in [5.41, 5.74) is 1.02. The molecule has 1 fully saturated rings. The van der Waals surface area contributed by atoms with Gasteiger partial charge in [-0.1, -0.05) is 36.2 Å². The molecule has 1 aromatic carbocycles. The van der Waals surface area contributed by atoms with Crippen molar-refractivity contribution in [3.63, 3.8) is 0 Å². The van der Waals surface area contributed by atoms with Crippen molar-refractivity contribution in [2.75, 3.05) is 13.2 Å². The quantitative estimate of drug-likeness (QED) is 0.771. The van der Waals surface area contributed by atoms with Crippen LogP contribution in [0.1, 0.15) is 32.3 Å². The van der Waals surface area contributed by atoms with Crippen molar-refractivity contribution in [1.82, 2.24) is 5.32 Å². The first-order valence-corrected chi connectivity index (χ1v) is 8.20. The maximum absolute atomic E-state index is 6.30. The lowest BCUT2D eigenvalue weighted by atomic mass is 9.98. The van der Waals surface area contributed by atoms with Gasteiger partial charge in [0.2, 0.25) is 0 Å². The van der Waals surface area contributed by atoms with E-state index in [0.29, 0.717) is 5.92 Å². The van der Waals surface area contributed by atoms with Crippen molar-refractivity contribution in [3.05, 3.63) is 33.8 Å². The summed E-state index contributed by atoms with van der Waals surface area (Å²) in [4.78, 5) is 0. The lowest BCUT2D eigenvalue weighted by Crippen LogP contribution is -2.44. The number of rotatable bonds is 8. The van der Waals surface area contributed by atoms with Crippen LogP contribution >= 0.6 is 23.2 Å². The zero-order valence-electron chi connectivity index (χ0n) is 12.2. The number of likely N-dealkylation sites (N-methyl/N-ethyl adjacent to an activating group) is 1. The predicted octanol–water partition coefficient (Wildman–Crippen LogP) is 4.33. The first-order chi connectivity index (χ1) is 9.67. The Morgan fingerprint density at radius 2 is 1.90 bits per heavy atom. The normalized spacial score (nSPS) is 18.0. The smallest absolute Gasteiger partial charge is 0.0759 e. The topological polar surface area (TPSA) is 21.3 Å². The summed E-state index contributed by atoms with van der Waals surface area (Å²) in [5, 5.41) is 5.03. The van der Waals surface area contributed by atoms with Gasteiger partial charge in [-0.3, -0.25) is 0 Å². The predicted molar refractivity (Wildman–Crippen MR) is 85.8 cm³/mol. The molecule has 2 rings (SSSR count). The molecule has 2 unspecified atom stereocenters. The van der Waals surface area contributed by atoms with Gasteiger partial charge in [-0.15, -0.1) is 0 Å². The van der Waals surface area contributed by atoms with E-state index in [2.05, 4.69) is 19.2 Å². The van der Waals surface area contributed by atoms with Crippen LogP contribution in [0, 0.1) is 5.92 Å². The van der Waals surface area contributed by atoms with E-state index in [0.717, 1.165) is 35.2 Å². The molecule has 1 aromatic rings. The molecule has 0 spiro atoms. The molecule has 0 aromatic heterocycles. The third-order valence-corrected chi connectivity index (χ3v) is 4.50. The van der Waals surface area contributed by atoms with Crippen LogP contribution in [0.2, 0.25) is 10.0 Å². The number of nitrogens with one attached hydrogen (secondary N) is 1. The van der Waals surface area contributed by atoms with Gasteiger partial charge in [0.15, 0.2) is 0 Å². The van der Waals surface area contributed by atoms with E-state index < -0.39 is 0 Å². The Bertz CT molecular complexity index is 414. The van der Waals surface area contributed by atoms with Crippen LogP contribution in [-0.2, 0) is 11.2 Å². The van der Waals surface area contributed by atoms with Crippen LogP contribution in [0.5, 0.6) is 0 Å². The molecule has 0 heterocycles. The fourth-order valence-corrected chi connectivity index (χ4v) is 3.26. The van der Waals surface area contributed by atoms with Gasteiger partial charge in [0.1, 0.15) is 0 Å². The molecule has 0 aliphatic heterocycles. The molecule has 1 aliphatic carbocycles. The summed E-state index contributed by atoms with van der Waals surface area (Å²) in [6, 6.07) is 5.96. The Labute approximate surface area is 131 Å². The monoisotopic (exact) mass is 315 g/mol. The average molecular weight is 316 g/mol. The van der Waals surface area contributed by atoms with Crippen molar-refractivity contribution < 1.29 is 4.74 Å². The summed E-state index contributed by atoms with van der Waals surface area (Å²) in [6.45, 7) is 5.85. The van der Waals surface area contributed by atoms with E-state index in [-0.39, 0.29) is 12.1 Å². The SMILES string of the molecule is CCNC(Cc1c(Cl)cccc1Cl)C(OCC)C1CC1. The Hall–Kier alpha value is -0.280. The summed E-state index contributed by atoms with van der Waals surface area (Å²) in [5.74, 6) is 0.681. The van der Waals surface area contributed by atoms with E-state index in [1.54, 1.807) is 0 Å². The lowest BCUT2D eigenvalue weighted by Gasteiger charge is -2.28. The van der Waals surface area contributed by atoms with Gasteiger partial charge in [0.05, 0.1) is 6.10 Å². The molecule has 1 aliphatic rings. The second kappa shape index (κ2) is 7.65. The lowest BCUT2D eigenvalue weighted by molar-refractivity contribution is 0.0196. The highest BCUT2D eigenvalue weighted by atomic mass is 35.5. The zero-order valence-corrected chi connectivity index (χ0v) is 13.7. The largest absolute Gasteiger partial charge is 0.377 e. The van der Waals surface area contributed by atoms with Gasteiger partial charge in [-0.25, -0.2) is 0 Å². The summed E-state index contributed by atoms with van der Waals surface area (Å²) in [7, 11) is 0. The molecule has 1 N–H and O–H groups in total. The number of hydrogen-bond acceptors (Lipinski definition) is 2. The fraction of sp³-hybridized carbons (Fsp3) is 0.625. The third kappa shape index (κ3) is 4.11. The Balaban J connectivity index is 2.15. The molecular weight excluding hydrogens is 293 g/mol. The minimum absolute atomic E-state index is 0.257. The molecule has 1 saturated carbocycles. The standard InChI is InChI=1S/C16H23Cl2NO/c1-3-19-15(16(20-4-2)11-8-9-11)10-12-13(17)6-5-7-14(12)18/h5-7,11,15-16,19H,3-4,8-10H2,1-2H3. The fourth-order valence-electron chi connectivity index (χ4n) is 2.71. The summed E-state index contributed by atoms with van der Waals surface area (Å²) in [6.07, 6.45) is 3.60. The number of benzene rings is 1. The minimum atomic E-state index is 0.257. The second-order valence-corrected chi connectivity index (χ2v) is 6.14. The van der Waals surface area contributed by atoms with Crippen LogP contribution in [0.3, 0.4) is 0 Å². The molecule has 2 nitrogen and oxygen atoms in total. The maximum atomic E-state index is 6.30. The van der Waals surface area contributed by atoms with E-state index in [1.807, 2.05) is 18.2 Å². The van der Waals surface area contributed by atoms with E-state index in [9.17, 15) is 0 Å². The van der Waals surface area contributed by atoms with Gasteiger partial charge in [-0.05, 0) is 56.3 Å². The highest BCUT2D eigenvalue weighted by Gasteiger charge is 2.37. The van der Waals surface area contributed by atoms with Gasteiger partial charge in [0, 0.05) is 22.7 Å². The van der Waals surface area contributed by atoms with Gasteiger partial charge in [-0.2, -0.15) is 0 Å². The van der Waals surface area contributed by atoms with Gasteiger partial charge >= 0.3 is 0 Å². The van der Waals surface area contributed by atoms with Crippen LogP contribution in [0.4, 0.5) is 0 Å². The Morgan fingerprint density at radius 1 is 1.25 bits per heavy atom. The van der Waals surface area contributed by atoms with Crippen molar-refractivity contribution >= 4 is 23.2 Å². The molecule has 2 atom stereocenters. The molecule has 0 amide bonds. The van der Waals surface area contributed by atoms with Crippen molar-refractivity contribution in [1.29, 1.82) is 0 Å². The van der Waals surface area contributed by atoms with E-state index in [4.69, 9.17) is 27.9 Å². The summed E-state index contributed by atoms with van der Waals surface area (Å²) < 4.78 is 5.98. The molecular formula is C16H23Cl2NO. The minimum Gasteiger partial charge on any atom is -0.377 e. The highest BCUT2D eigenvalue weighted by Crippen LogP contribution is 2.37. The number of halogens is 2. The van der Waals surface area contributed by atoms with Crippen molar-refractivity contribution in [2.24, 2.45) is 5.92 Å². The summed E-state index contributed by atoms with van der Waals surface area (Å²) >= 11 is 12.6. The van der Waals surface area contributed by atoms with Crippen LogP contribution in [-0.4, -0.2) is 25.3 Å². The number of hydrogen-bond donors (Lipinski definition) is 1. The zero-order chi connectivity index (χ0) is 14.5. The molecule has 0 radical (unpaired) electrons. The number of ether oxygens (including phenoxy) is 1. The van der Waals surface area contributed by atoms with Gasteiger partial charge in [0.25, 0.3) is 0 Å². The van der Waals surface area contributed by atoms with E-state index in [1.165, 1.54) is 12.8 Å². The van der Waals surface area contributed by atoms with Crippen LogP contribution in [0.15, 0.2) is 18.2 Å². The first kappa shape index (κ1) is 16.1. The first-order valence-electron chi connectivity index (χ1n) is 7.45. The molecule has 4 heteroatoms. The van der Waals surface area contributed by atoms with Crippen LogP contribution in [0.25, 0.3) is 0 Å². The Kier molecular flexibility index (Phi) is 6.16. The van der Waals surface area contributed by atoms with E-state index >= 15 is 0 Å². The third-order valence-electron chi connectivity index (χ3n) is 3.79. The average Bonchev–Trinajstić information content (AvgIpc) is 3.24. The second-order valence-electron chi connectivity index (χ2n) is 5.33. The Morgan fingerprint density at radius 3 is 2.40 bits per heavy atom. The molecule has 20 heavy (non-hydrogen) atoms. The maximum Gasteiger partial charge on any atom is 0.0759 e. The van der Waals surface area contributed by atoms with Crippen LogP contribution < -0.4 is 5.32 Å². The molecule has 0 bridgehead atoms. The molecule has 112 valence electrons. The highest BCUT2D eigenvalue weighted by molar-refractivity contribution is 6.36. The molecule has 0 saturated heterocycles. The van der Waals surface area contributed by atoms with Crippen molar-refractivity contribution in [3.8, 4) is 0 Å². The van der Waals surface area contributed by atoms with Gasteiger partial charge < -0.3 is 10.1 Å².